The quantitative estimate of drug-likeness (QED) is 0.748. The van der Waals surface area contributed by atoms with Gasteiger partial charge in [0.2, 0.25) is 0 Å². The Bertz CT molecular complexity index is 642. The minimum Gasteiger partial charge on any atom is -0.364 e. The standard InChI is InChI=1S/C10H8ClN5OS/c11-5-3-6(10(18)16-8(5)9(12)17)15-7-1-2-13-4-14-7/h1-4H,(H2,12,17)(H,16,18)(H,13,14,15). The molecule has 2 heterocycles. The highest BCUT2D eigenvalue weighted by atomic mass is 35.5. The molecule has 0 saturated heterocycles. The molecule has 0 atom stereocenters. The van der Waals surface area contributed by atoms with Crippen molar-refractivity contribution in [3.63, 3.8) is 0 Å². The van der Waals surface area contributed by atoms with E-state index in [0.29, 0.717) is 16.1 Å². The summed E-state index contributed by atoms with van der Waals surface area (Å²) in [4.78, 5) is 21.5. The molecule has 0 fully saturated rings. The average Bonchev–Trinajstić information content (AvgIpc) is 2.34. The molecule has 0 bridgehead atoms. The van der Waals surface area contributed by atoms with Crippen LogP contribution in [-0.4, -0.2) is 20.9 Å². The number of carbonyl (C=O) groups is 1. The fourth-order valence-electron chi connectivity index (χ4n) is 1.28. The SMILES string of the molecule is NC(=O)c1[nH]c(=S)c(Nc2ccncn2)cc1Cl. The Kier molecular flexibility index (Phi) is 3.54. The van der Waals surface area contributed by atoms with E-state index >= 15 is 0 Å². The van der Waals surface area contributed by atoms with Crippen molar-refractivity contribution in [3.8, 4) is 0 Å². The number of anilines is 2. The molecule has 1 amide bonds. The van der Waals surface area contributed by atoms with Gasteiger partial charge in [-0.2, -0.15) is 0 Å². The van der Waals surface area contributed by atoms with Gasteiger partial charge in [-0.05, 0) is 12.1 Å². The second-order valence-electron chi connectivity index (χ2n) is 3.32. The number of hydrogen-bond acceptors (Lipinski definition) is 5. The van der Waals surface area contributed by atoms with Crippen molar-refractivity contribution >= 4 is 41.2 Å². The summed E-state index contributed by atoms with van der Waals surface area (Å²) in [6.07, 6.45) is 2.98. The van der Waals surface area contributed by atoms with Gasteiger partial charge in [0, 0.05) is 6.20 Å². The third-order valence-electron chi connectivity index (χ3n) is 2.08. The first-order valence-corrected chi connectivity index (χ1v) is 5.62. The average molecular weight is 282 g/mol. The Morgan fingerprint density at radius 1 is 1.56 bits per heavy atom. The summed E-state index contributed by atoms with van der Waals surface area (Å²) in [5.41, 5.74) is 5.75. The monoisotopic (exact) mass is 281 g/mol. The fourth-order valence-corrected chi connectivity index (χ4v) is 1.74. The summed E-state index contributed by atoms with van der Waals surface area (Å²) in [7, 11) is 0. The van der Waals surface area contributed by atoms with E-state index in [-0.39, 0.29) is 10.7 Å². The molecule has 0 aromatic carbocycles. The number of amides is 1. The van der Waals surface area contributed by atoms with Crippen LogP contribution >= 0.6 is 23.8 Å². The van der Waals surface area contributed by atoms with E-state index in [1.165, 1.54) is 12.4 Å². The predicted octanol–water partition coefficient (Wildman–Crippen LogP) is 2.03. The number of aromatic nitrogens is 3. The summed E-state index contributed by atoms with van der Waals surface area (Å²) >= 11 is 11.0. The zero-order chi connectivity index (χ0) is 13.1. The van der Waals surface area contributed by atoms with Crippen LogP contribution in [0.15, 0.2) is 24.7 Å². The number of pyridine rings is 1. The molecule has 0 aliphatic rings. The van der Waals surface area contributed by atoms with Crippen LogP contribution in [-0.2, 0) is 0 Å². The molecule has 0 unspecified atom stereocenters. The van der Waals surface area contributed by atoms with E-state index in [9.17, 15) is 4.79 Å². The maximum absolute atomic E-state index is 11.1. The molecule has 2 rings (SSSR count). The van der Waals surface area contributed by atoms with Crippen LogP contribution in [0, 0.1) is 4.64 Å². The second kappa shape index (κ2) is 5.11. The van der Waals surface area contributed by atoms with Crippen molar-refractivity contribution < 1.29 is 4.79 Å². The first kappa shape index (κ1) is 12.5. The van der Waals surface area contributed by atoms with E-state index in [1.54, 1.807) is 12.3 Å². The van der Waals surface area contributed by atoms with Gasteiger partial charge in [0.15, 0.2) is 0 Å². The van der Waals surface area contributed by atoms with Crippen molar-refractivity contribution in [2.45, 2.75) is 0 Å². The smallest absolute Gasteiger partial charge is 0.266 e. The number of nitrogens with zero attached hydrogens (tertiary/aromatic N) is 2. The lowest BCUT2D eigenvalue weighted by molar-refractivity contribution is 0.0995. The molecule has 0 saturated carbocycles. The lowest BCUT2D eigenvalue weighted by Crippen LogP contribution is -2.14. The molecule has 0 radical (unpaired) electrons. The maximum atomic E-state index is 11.1. The van der Waals surface area contributed by atoms with Crippen LogP contribution < -0.4 is 11.1 Å². The molecule has 18 heavy (non-hydrogen) atoms. The summed E-state index contributed by atoms with van der Waals surface area (Å²) in [5.74, 6) is -0.105. The number of carbonyl (C=O) groups excluding carboxylic acids is 1. The number of hydrogen-bond donors (Lipinski definition) is 3. The van der Waals surface area contributed by atoms with Gasteiger partial charge in [0.25, 0.3) is 5.91 Å². The minimum atomic E-state index is -0.667. The van der Waals surface area contributed by atoms with Crippen LogP contribution in [0.1, 0.15) is 10.5 Å². The Hall–Kier alpha value is -1.99. The fraction of sp³-hybridized carbons (Fsp3) is 0. The third kappa shape index (κ3) is 2.63. The zero-order valence-corrected chi connectivity index (χ0v) is 10.5. The molecular weight excluding hydrogens is 274 g/mol. The number of primary amides is 1. The lowest BCUT2D eigenvalue weighted by Gasteiger charge is -2.07. The molecule has 0 aliphatic heterocycles. The maximum Gasteiger partial charge on any atom is 0.266 e. The van der Waals surface area contributed by atoms with Gasteiger partial charge < -0.3 is 16.0 Å². The molecule has 6 nitrogen and oxygen atoms in total. The van der Waals surface area contributed by atoms with Crippen molar-refractivity contribution in [1.82, 2.24) is 15.0 Å². The van der Waals surface area contributed by atoms with Crippen molar-refractivity contribution in [2.24, 2.45) is 5.73 Å². The number of nitrogens with one attached hydrogen (secondary N) is 2. The van der Waals surface area contributed by atoms with Crippen LogP contribution in [0.25, 0.3) is 0 Å². The topological polar surface area (TPSA) is 96.7 Å². The predicted molar refractivity (Wildman–Crippen MR) is 70.5 cm³/mol. The number of H-pyrrole nitrogens is 1. The van der Waals surface area contributed by atoms with E-state index in [2.05, 4.69) is 20.3 Å². The number of rotatable bonds is 3. The minimum absolute atomic E-state index is 0.0786. The summed E-state index contributed by atoms with van der Waals surface area (Å²) in [6, 6.07) is 3.19. The highest BCUT2D eigenvalue weighted by Gasteiger charge is 2.09. The van der Waals surface area contributed by atoms with Crippen molar-refractivity contribution in [3.05, 3.63) is 40.0 Å². The summed E-state index contributed by atoms with van der Waals surface area (Å²) in [5, 5.41) is 3.14. The van der Waals surface area contributed by atoms with Gasteiger partial charge >= 0.3 is 0 Å². The highest BCUT2D eigenvalue weighted by Crippen LogP contribution is 2.22. The van der Waals surface area contributed by atoms with E-state index in [4.69, 9.17) is 29.6 Å². The lowest BCUT2D eigenvalue weighted by atomic mass is 10.3. The molecule has 8 heteroatoms. The molecule has 2 aromatic heterocycles. The van der Waals surface area contributed by atoms with E-state index < -0.39 is 5.91 Å². The number of nitrogens with two attached hydrogens (primary N) is 1. The van der Waals surface area contributed by atoms with Crippen LogP contribution in [0.4, 0.5) is 11.5 Å². The molecule has 2 aromatic rings. The molecular formula is C10H8ClN5OS. The molecule has 4 N–H and O–H groups in total. The summed E-state index contributed by atoms with van der Waals surface area (Å²) in [6.45, 7) is 0. The number of halogens is 1. The second-order valence-corrected chi connectivity index (χ2v) is 4.13. The van der Waals surface area contributed by atoms with Gasteiger partial charge in [-0.1, -0.05) is 23.8 Å². The molecule has 92 valence electrons. The zero-order valence-electron chi connectivity index (χ0n) is 8.98. The third-order valence-corrected chi connectivity index (χ3v) is 2.70. The highest BCUT2D eigenvalue weighted by molar-refractivity contribution is 7.71. The van der Waals surface area contributed by atoms with Crippen LogP contribution in [0.2, 0.25) is 5.02 Å². The molecule has 0 aliphatic carbocycles. The Labute approximate surface area is 112 Å². The Morgan fingerprint density at radius 3 is 2.94 bits per heavy atom. The first-order valence-electron chi connectivity index (χ1n) is 4.83. The van der Waals surface area contributed by atoms with Crippen LogP contribution in [0.3, 0.4) is 0 Å². The molecule has 0 spiro atoms. The Morgan fingerprint density at radius 2 is 2.33 bits per heavy atom. The summed E-state index contributed by atoms with van der Waals surface area (Å²) < 4.78 is 0.312. The van der Waals surface area contributed by atoms with Gasteiger partial charge in [-0.3, -0.25) is 4.79 Å². The Balaban J connectivity index is 2.39. The van der Waals surface area contributed by atoms with Gasteiger partial charge in [0.05, 0.1) is 10.7 Å². The van der Waals surface area contributed by atoms with E-state index in [1.807, 2.05) is 0 Å². The number of aromatic amines is 1. The normalized spacial score (nSPS) is 10.1. The van der Waals surface area contributed by atoms with E-state index in [0.717, 1.165) is 0 Å². The largest absolute Gasteiger partial charge is 0.364 e. The van der Waals surface area contributed by atoms with Crippen molar-refractivity contribution in [2.75, 3.05) is 5.32 Å². The van der Waals surface area contributed by atoms with Crippen LogP contribution in [0.5, 0.6) is 0 Å². The van der Waals surface area contributed by atoms with Gasteiger partial charge in [0.1, 0.15) is 22.5 Å². The van der Waals surface area contributed by atoms with Gasteiger partial charge in [-0.25, -0.2) is 9.97 Å². The van der Waals surface area contributed by atoms with Crippen molar-refractivity contribution in [1.29, 1.82) is 0 Å². The first-order chi connectivity index (χ1) is 8.58. The van der Waals surface area contributed by atoms with Gasteiger partial charge in [-0.15, -0.1) is 0 Å².